The Morgan fingerprint density at radius 3 is 1.63 bits per heavy atom. The van der Waals surface area contributed by atoms with Gasteiger partial charge in [0.1, 0.15) is 44.6 Å². The first-order valence-electron chi connectivity index (χ1n) is 23.9. The summed E-state index contributed by atoms with van der Waals surface area (Å²) in [4.78, 5) is 69.5. The zero-order valence-electron chi connectivity index (χ0n) is 45.6. The molecule has 0 aliphatic carbocycles. The van der Waals surface area contributed by atoms with Crippen molar-refractivity contribution in [2.24, 2.45) is 9.98 Å². The number of anilines is 4. The van der Waals surface area contributed by atoms with Gasteiger partial charge in [-0.05, 0) is 91.8 Å². The molecular weight excluding hydrogens is 996 g/mol. The van der Waals surface area contributed by atoms with Crippen LogP contribution in [0, 0.1) is 13.8 Å². The molecule has 2 amide bonds. The van der Waals surface area contributed by atoms with Gasteiger partial charge in [-0.2, -0.15) is 0 Å². The number of hydrogen-bond acceptors (Lipinski definition) is 18. The van der Waals surface area contributed by atoms with Crippen molar-refractivity contribution in [1.82, 2.24) is 29.8 Å². The number of carbonyl (C=O) groups is 4. The Balaban J connectivity index is 0.000000323. The maximum absolute atomic E-state index is 12.6. The topological polar surface area (TPSA) is 182 Å². The number of aryl methyl sites for hydroxylation is 2. The van der Waals surface area contributed by atoms with E-state index in [9.17, 15) is 19.2 Å². The molecule has 73 heavy (non-hydrogen) atoms. The first-order valence-corrected chi connectivity index (χ1v) is 25.5. The third-order valence-electron chi connectivity index (χ3n) is 11.6. The van der Waals surface area contributed by atoms with Crippen LogP contribution in [0.15, 0.2) is 82.9 Å². The number of rotatable bonds is 6. The van der Waals surface area contributed by atoms with Gasteiger partial charge in [0.05, 0.1) is 48.1 Å². The van der Waals surface area contributed by atoms with Crippen molar-refractivity contribution < 1.29 is 92.4 Å². The first kappa shape index (κ1) is 59.0. The molecule has 0 bridgehead atoms. The van der Waals surface area contributed by atoms with Crippen LogP contribution in [0.25, 0.3) is 0 Å². The van der Waals surface area contributed by atoms with Crippen LogP contribution in [-0.2, 0) is 28.5 Å². The van der Waals surface area contributed by atoms with E-state index in [1.807, 2.05) is 30.3 Å². The van der Waals surface area contributed by atoms with Gasteiger partial charge in [-0.1, -0.05) is 30.8 Å². The third-order valence-corrected chi connectivity index (χ3v) is 13.5. The second-order valence-electron chi connectivity index (χ2n) is 19.5. The number of esters is 2. The SMILES string of the molecule is C=C(C(=O)OC)N(C)C(=O)OC(C)(C)C.COC(=O)C(CN1CCN(C2=Nc3ccccc3Nc3sc(C)cc32)CC1)N(C)C(=O)OC(C)(C)C.Cc1cc2c(s1)Nc1ccccc1N=C2N1CCNCC1.[2HH].[H-].[K+]. The van der Waals surface area contributed by atoms with E-state index in [1.165, 1.54) is 46.5 Å². The second-order valence-corrected chi connectivity index (χ2v) is 22.0. The number of likely N-dealkylation sites (N-methyl/N-ethyl adjacent to an activating group) is 2. The Kier molecular flexibility index (Phi) is 21.1. The fourth-order valence-electron chi connectivity index (χ4n) is 7.89. The summed E-state index contributed by atoms with van der Waals surface area (Å²) in [5.41, 5.74) is 5.05. The second kappa shape index (κ2) is 26.1. The summed E-state index contributed by atoms with van der Waals surface area (Å²) in [6.45, 7) is 25.7. The van der Waals surface area contributed by atoms with E-state index in [1.54, 1.807) is 71.3 Å². The normalized spacial score (nSPS) is 15.3. The summed E-state index contributed by atoms with van der Waals surface area (Å²) in [7, 11) is 5.54. The minimum Gasteiger partial charge on any atom is -1.00 e. The molecule has 4 aromatic rings. The Morgan fingerprint density at radius 1 is 0.726 bits per heavy atom. The van der Waals surface area contributed by atoms with E-state index in [-0.39, 0.29) is 59.9 Å². The largest absolute Gasteiger partial charge is 1.00 e. The summed E-state index contributed by atoms with van der Waals surface area (Å²) in [5, 5.41) is 12.8. The number of thiophene rings is 2. The summed E-state index contributed by atoms with van der Waals surface area (Å²) < 4.78 is 19.9. The van der Waals surface area contributed by atoms with Crippen LogP contribution in [0.1, 0.15) is 65.3 Å². The summed E-state index contributed by atoms with van der Waals surface area (Å²) in [6, 6.07) is 20.0. The van der Waals surface area contributed by atoms with Gasteiger partial charge < -0.3 is 46.1 Å². The molecule has 2 saturated heterocycles. The van der Waals surface area contributed by atoms with Crippen LogP contribution in [0.3, 0.4) is 0 Å². The van der Waals surface area contributed by atoms with Crippen molar-refractivity contribution >= 4 is 91.2 Å². The molecule has 2 aromatic carbocycles. The summed E-state index contributed by atoms with van der Waals surface area (Å²) >= 11 is 3.53. The quantitative estimate of drug-likeness (QED) is 0.0857. The average Bonchev–Trinajstić information content (AvgIpc) is 3.80. The Hall–Kier alpha value is -4.84. The van der Waals surface area contributed by atoms with Crippen LogP contribution in [0.4, 0.5) is 42.3 Å². The molecule has 2 fully saturated rings. The number of carbonyl (C=O) groups excluding carboxylic acids is 4. The fraction of sp³-hybridized carbons (Fsp3) is 0.462. The monoisotopic (exact) mass is 1070 g/mol. The van der Waals surface area contributed by atoms with Crippen LogP contribution < -0.4 is 67.3 Å². The molecule has 0 spiro atoms. The van der Waals surface area contributed by atoms with Crippen LogP contribution in [-0.4, -0.2) is 165 Å². The number of aliphatic imine (C=N–C) groups is 2. The zero-order chi connectivity index (χ0) is 52.5. The van der Waals surface area contributed by atoms with Gasteiger partial charge in [-0.25, -0.2) is 29.2 Å². The molecule has 1 atom stereocenters. The standard InChI is InChI=1S/C26H35N5O4S.C16H18N4S.C10H17NO4.K.H2.H/c1-17-15-18-22(27-19-9-7-8-10-20(19)28-23(18)36-17)31-13-11-30(12-14-31)16-21(24(32)34-6)29(5)25(33)35-26(2,3)4;1-11-10-12-15(20-8-6-17-7-9-20)18-13-4-2-3-5-14(13)19-16(12)21-11;1-7(8(12)14-6)11(5)9(13)15-10(2,3)4;;;/h7-10,15,21,28H,11-14,16H2,1-6H3;2-5,10,17,19H,6-9H2,1H3;1H2,2-6H3;;1H;/q;;;+1;;-1/i;;;;1+1;. The Labute approximate surface area is 483 Å². The van der Waals surface area contributed by atoms with Gasteiger partial charge >= 0.3 is 75.5 Å². The van der Waals surface area contributed by atoms with E-state index >= 15 is 0 Å². The first-order chi connectivity index (χ1) is 34.0. The number of amidine groups is 2. The van der Waals surface area contributed by atoms with Crippen molar-refractivity contribution in [3.8, 4) is 0 Å². The molecule has 21 heteroatoms. The van der Waals surface area contributed by atoms with Crippen molar-refractivity contribution in [2.75, 3.05) is 97.9 Å². The number of hydrogen-bond donors (Lipinski definition) is 3. The molecule has 8 rings (SSSR count). The number of piperazine rings is 2. The Morgan fingerprint density at radius 2 is 1.18 bits per heavy atom. The van der Waals surface area contributed by atoms with Crippen molar-refractivity contribution in [3.05, 3.63) is 93.8 Å². The van der Waals surface area contributed by atoms with Crippen molar-refractivity contribution in [2.45, 2.75) is 72.6 Å². The van der Waals surface area contributed by atoms with E-state index in [0.29, 0.717) is 6.54 Å². The van der Waals surface area contributed by atoms with E-state index in [4.69, 9.17) is 24.2 Å². The molecule has 18 nitrogen and oxygen atoms in total. The number of para-hydroxylation sites is 4. The van der Waals surface area contributed by atoms with Gasteiger partial charge in [0, 0.05) is 84.2 Å². The Bertz CT molecular complexity index is 2670. The molecule has 392 valence electrons. The molecule has 3 N–H and O–H groups in total. The zero-order valence-corrected chi connectivity index (χ0v) is 49.4. The number of amides is 2. The van der Waals surface area contributed by atoms with Gasteiger partial charge in [0.15, 0.2) is 0 Å². The van der Waals surface area contributed by atoms with Crippen molar-refractivity contribution in [1.29, 1.82) is 0 Å². The molecule has 4 aliphatic rings. The van der Waals surface area contributed by atoms with E-state index in [0.717, 1.165) is 102 Å². The van der Waals surface area contributed by atoms with E-state index in [2.05, 4.69) is 86.1 Å². The summed E-state index contributed by atoms with van der Waals surface area (Å²) in [5.74, 6) is 0.943. The predicted molar refractivity (Wildman–Crippen MR) is 291 cm³/mol. The maximum Gasteiger partial charge on any atom is 1.00 e. The minimum absolute atomic E-state index is 0. The smallest absolute Gasteiger partial charge is 1.00 e. The van der Waals surface area contributed by atoms with Crippen LogP contribution in [0.2, 0.25) is 0 Å². The molecule has 2 aromatic heterocycles. The number of ether oxygens (including phenoxy) is 4. The molecule has 1 unspecified atom stereocenters. The molecule has 0 saturated carbocycles. The van der Waals surface area contributed by atoms with Crippen LogP contribution in [0.5, 0.6) is 0 Å². The molecular formula is C52H73KN10O8S2. The average molecular weight is 1070 g/mol. The summed E-state index contributed by atoms with van der Waals surface area (Å²) in [6.07, 6.45) is -1.19. The van der Waals surface area contributed by atoms with Crippen molar-refractivity contribution in [3.63, 3.8) is 0 Å². The number of nitrogens with one attached hydrogen (secondary N) is 3. The number of benzene rings is 2. The van der Waals surface area contributed by atoms with Gasteiger partial charge in [0.2, 0.25) is 0 Å². The van der Waals surface area contributed by atoms with Gasteiger partial charge in [0.25, 0.3) is 0 Å². The maximum atomic E-state index is 12.6. The van der Waals surface area contributed by atoms with Crippen LogP contribution >= 0.6 is 22.7 Å². The number of fused-ring (bicyclic) bond motifs is 4. The number of methoxy groups -OCH3 is 2. The number of nitrogens with zero attached hydrogens (tertiary/aromatic N) is 7. The molecule has 0 radical (unpaired) electrons. The van der Waals surface area contributed by atoms with E-state index < -0.39 is 41.4 Å². The fourth-order valence-corrected chi connectivity index (χ4v) is 9.73. The van der Waals surface area contributed by atoms with Gasteiger partial charge in [-0.15, -0.1) is 22.7 Å². The third kappa shape index (κ3) is 16.1. The minimum atomic E-state index is -0.756. The van der Waals surface area contributed by atoms with Gasteiger partial charge in [-0.3, -0.25) is 14.7 Å². The molecule has 4 aliphatic heterocycles. The predicted octanol–water partition coefficient (Wildman–Crippen LogP) is 6.22. The molecule has 6 heterocycles.